The molecule has 2 aliphatic heterocycles. The quantitative estimate of drug-likeness (QED) is 0.910. The Labute approximate surface area is 136 Å². The molecule has 23 heavy (non-hydrogen) atoms. The van der Waals surface area contributed by atoms with Crippen LogP contribution in [0.15, 0.2) is 12.1 Å². The standard InChI is InChI=1S/C18H23NO4/c1-22-13-7-6-11-14(16(13)23-2)17(20)19-10-9-18(21)8-4-3-5-12(18)15(11)19/h6-7,12,15,21H,3-5,8-10H2,1-2H3/t12-,15-,18+/m0/s1. The Balaban J connectivity index is 1.85. The summed E-state index contributed by atoms with van der Waals surface area (Å²) in [6.45, 7) is 0.608. The van der Waals surface area contributed by atoms with E-state index in [1.54, 1.807) is 14.2 Å². The first-order valence-corrected chi connectivity index (χ1v) is 8.39. The molecule has 0 spiro atoms. The van der Waals surface area contributed by atoms with E-state index in [9.17, 15) is 9.90 Å². The monoisotopic (exact) mass is 317 g/mol. The molecule has 1 amide bonds. The summed E-state index contributed by atoms with van der Waals surface area (Å²) in [5.41, 5.74) is 0.971. The number of piperidine rings is 1. The molecular formula is C18H23NO4. The summed E-state index contributed by atoms with van der Waals surface area (Å²) in [5, 5.41) is 11.1. The largest absolute Gasteiger partial charge is 0.493 e. The van der Waals surface area contributed by atoms with Crippen molar-refractivity contribution in [2.24, 2.45) is 5.92 Å². The van der Waals surface area contributed by atoms with Crippen LogP contribution in [0.3, 0.4) is 0 Å². The second kappa shape index (κ2) is 5.13. The van der Waals surface area contributed by atoms with Crippen LogP contribution in [-0.4, -0.2) is 42.3 Å². The maximum Gasteiger partial charge on any atom is 0.258 e. The molecule has 3 atom stereocenters. The van der Waals surface area contributed by atoms with Crippen LogP contribution in [0.5, 0.6) is 11.5 Å². The summed E-state index contributed by atoms with van der Waals surface area (Å²) in [7, 11) is 3.15. The Morgan fingerprint density at radius 2 is 2.04 bits per heavy atom. The molecule has 0 bridgehead atoms. The first-order chi connectivity index (χ1) is 11.1. The summed E-state index contributed by atoms with van der Waals surface area (Å²) in [4.78, 5) is 14.9. The van der Waals surface area contributed by atoms with E-state index in [1.165, 1.54) is 0 Å². The van der Waals surface area contributed by atoms with Crippen molar-refractivity contribution in [3.05, 3.63) is 23.3 Å². The molecule has 0 aromatic heterocycles. The van der Waals surface area contributed by atoms with Gasteiger partial charge in [0, 0.05) is 12.5 Å². The Bertz CT molecular complexity index is 659. The van der Waals surface area contributed by atoms with E-state index in [-0.39, 0.29) is 17.9 Å². The Morgan fingerprint density at radius 1 is 1.22 bits per heavy atom. The van der Waals surface area contributed by atoms with Gasteiger partial charge in [-0.2, -0.15) is 0 Å². The predicted octanol–water partition coefficient (Wildman–Crippen LogP) is 2.53. The van der Waals surface area contributed by atoms with Gasteiger partial charge in [0.25, 0.3) is 5.91 Å². The maximum atomic E-state index is 13.0. The van der Waals surface area contributed by atoms with Crippen molar-refractivity contribution in [3.63, 3.8) is 0 Å². The van der Waals surface area contributed by atoms with Crippen molar-refractivity contribution >= 4 is 5.91 Å². The van der Waals surface area contributed by atoms with Crippen molar-refractivity contribution in [2.45, 2.75) is 43.7 Å². The molecule has 4 rings (SSSR count). The van der Waals surface area contributed by atoms with Crippen molar-refractivity contribution in [1.29, 1.82) is 0 Å². The van der Waals surface area contributed by atoms with Crippen molar-refractivity contribution < 1.29 is 19.4 Å². The zero-order valence-corrected chi connectivity index (χ0v) is 13.7. The Kier molecular flexibility index (Phi) is 3.30. The molecule has 1 saturated heterocycles. The highest BCUT2D eigenvalue weighted by molar-refractivity contribution is 6.02. The van der Waals surface area contributed by atoms with Crippen molar-refractivity contribution in [2.75, 3.05) is 20.8 Å². The van der Waals surface area contributed by atoms with Crippen LogP contribution < -0.4 is 9.47 Å². The molecule has 1 N–H and O–H groups in total. The second-order valence-corrected chi connectivity index (χ2v) is 6.91. The lowest BCUT2D eigenvalue weighted by Crippen LogP contribution is -2.54. The van der Waals surface area contributed by atoms with Gasteiger partial charge in [-0.15, -0.1) is 0 Å². The highest BCUT2D eigenvalue weighted by atomic mass is 16.5. The average Bonchev–Trinajstić information content (AvgIpc) is 2.86. The van der Waals surface area contributed by atoms with E-state index in [4.69, 9.17) is 9.47 Å². The van der Waals surface area contributed by atoms with Crippen LogP contribution in [0.4, 0.5) is 0 Å². The number of hydrogen-bond acceptors (Lipinski definition) is 4. The highest BCUT2D eigenvalue weighted by Gasteiger charge is 2.54. The smallest absolute Gasteiger partial charge is 0.258 e. The molecule has 0 unspecified atom stereocenters. The SMILES string of the molecule is COc1ccc2c(c1OC)C(=O)N1CC[C@]3(O)CCCC[C@H]3[C@H]21. The summed E-state index contributed by atoms with van der Waals surface area (Å²) in [6.07, 6.45) is 4.69. The van der Waals surface area contributed by atoms with E-state index in [0.717, 1.165) is 31.2 Å². The number of aliphatic hydroxyl groups is 1. The third kappa shape index (κ3) is 1.92. The summed E-state index contributed by atoms with van der Waals surface area (Å²) < 4.78 is 10.8. The minimum Gasteiger partial charge on any atom is -0.493 e. The van der Waals surface area contributed by atoms with Gasteiger partial charge < -0.3 is 19.5 Å². The number of methoxy groups -OCH3 is 2. The fourth-order valence-corrected chi connectivity index (χ4v) is 4.85. The van der Waals surface area contributed by atoms with Gasteiger partial charge in [-0.3, -0.25) is 4.79 Å². The highest BCUT2D eigenvalue weighted by Crippen LogP contribution is 2.55. The number of benzene rings is 1. The molecule has 1 saturated carbocycles. The fourth-order valence-electron chi connectivity index (χ4n) is 4.85. The number of nitrogens with zero attached hydrogens (tertiary/aromatic N) is 1. The number of ether oxygens (including phenoxy) is 2. The van der Waals surface area contributed by atoms with Crippen LogP contribution in [0.1, 0.15) is 54.1 Å². The van der Waals surface area contributed by atoms with Gasteiger partial charge in [0.15, 0.2) is 11.5 Å². The number of rotatable bonds is 2. The molecule has 2 fully saturated rings. The van der Waals surface area contributed by atoms with Crippen LogP contribution in [0.25, 0.3) is 0 Å². The lowest BCUT2D eigenvalue weighted by atomic mass is 9.67. The van der Waals surface area contributed by atoms with E-state index < -0.39 is 5.60 Å². The Morgan fingerprint density at radius 3 is 2.78 bits per heavy atom. The average molecular weight is 317 g/mol. The van der Waals surface area contributed by atoms with E-state index >= 15 is 0 Å². The van der Waals surface area contributed by atoms with Crippen LogP contribution in [0, 0.1) is 5.92 Å². The third-order valence-electron chi connectivity index (χ3n) is 5.94. The van der Waals surface area contributed by atoms with Gasteiger partial charge in [-0.25, -0.2) is 0 Å². The molecule has 1 aliphatic carbocycles. The van der Waals surface area contributed by atoms with Gasteiger partial charge in [0.2, 0.25) is 0 Å². The van der Waals surface area contributed by atoms with Crippen LogP contribution >= 0.6 is 0 Å². The minimum atomic E-state index is -0.630. The third-order valence-corrected chi connectivity index (χ3v) is 5.94. The first-order valence-electron chi connectivity index (χ1n) is 8.39. The fraction of sp³-hybridized carbons (Fsp3) is 0.611. The lowest BCUT2D eigenvalue weighted by Gasteiger charge is -2.50. The molecule has 3 aliphatic rings. The van der Waals surface area contributed by atoms with Crippen molar-refractivity contribution in [3.8, 4) is 11.5 Å². The number of fused-ring (bicyclic) bond motifs is 5. The molecule has 124 valence electrons. The summed E-state index contributed by atoms with van der Waals surface area (Å²) >= 11 is 0. The van der Waals surface area contributed by atoms with Crippen LogP contribution in [0.2, 0.25) is 0 Å². The normalized spacial score (nSPS) is 32.1. The van der Waals surface area contributed by atoms with Gasteiger partial charge in [-0.05, 0) is 30.9 Å². The molecular weight excluding hydrogens is 294 g/mol. The van der Waals surface area contributed by atoms with Gasteiger partial charge >= 0.3 is 0 Å². The predicted molar refractivity (Wildman–Crippen MR) is 84.8 cm³/mol. The molecule has 1 aromatic carbocycles. The van der Waals surface area contributed by atoms with E-state index in [1.807, 2.05) is 17.0 Å². The molecule has 5 nitrogen and oxygen atoms in total. The molecule has 2 heterocycles. The number of hydrogen-bond donors (Lipinski definition) is 1. The van der Waals surface area contributed by atoms with E-state index in [0.29, 0.717) is 30.0 Å². The van der Waals surface area contributed by atoms with E-state index in [2.05, 4.69) is 0 Å². The zero-order valence-electron chi connectivity index (χ0n) is 13.7. The summed E-state index contributed by atoms with van der Waals surface area (Å²) in [5.74, 6) is 1.23. The Hall–Kier alpha value is -1.75. The van der Waals surface area contributed by atoms with Gasteiger partial charge in [0.05, 0.1) is 31.4 Å². The number of carbonyl (C=O) groups excluding carboxylic acids is 1. The minimum absolute atomic E-state index is 0.00775. The summed E-state index contributed by atoms with van der Waals surface area (Å²) in [6, 6.07) is 3.81. The number of carbonyl (C=O) groups is 1. The molecule has 1 aromatic rings. The van der Waals surface area contributed by atoms with Crippen molar-refractivity contribution in [1.82, 2.24) is 4.90 Å². The van der Waals surface area contributed by atoms with Crippen LogP contribution in [-0.2, 0) is 0 Å². The molecule has 5 heteroatoms. The lowest BCUT2D eigenvalue weighted by molar-refractivity contribution is -0.111. The van der Waals surface area contributed by atoms with Gasteiger partial charge in [0.1, 0.15) is 0 Å². The first kappa shape index (κ1) is 14.8. The molecule has 0 radical (unpaired) electrons. The van der Waals surface area contributed by atoms with Gasteiger partial charge in [-0.1, -0.05) is 18.9 Å². The zero-order chi connectivity index (χ0) is 16.2. The second-order valence-electron chi connectivity index (χ2n) is 6.91. The maximum absolute atomic E-state index is 13.0. The topological polar surface area (TPSA) is 59.0 Å². The number of amides is 1.